The number of nitrogens with zero attached hydrogens (tertiary/aromatic N) is 5. The Kier molecular flexibility index (Phi) is 5.52. The average molecular weight is 414 g/mol. The molecule has 10 heteroatoms. The summed E-state index contributed by atoms with van der Waals surface area (Å²) < 4.78 is 29.0. The number of benzene rings is 2. The van der Waals surface area contributed by atoms with Crippen LogP contribution < -0.4 is 5.32 Å². The molecular formula is C19H16F2N6OS. The van der Waals surface area contributed by atoms with Gasteiger partial charge < -0.3 is 9.88 Å². The van der Waals surface area contributed by atoms with Gasteiger partial charge in [0.15, 0.2) is 5.16 Å². The van der Waals surface area contributed by atoms with Gasteiger partial charge in [-0.2, -0.15) is 13.9 Å². The fraction of sp³-hybridized carbons (Fsp3) is 0.158. The summed E-state index contributed by atoms with van der Waals surface area (Å²) in [4.78, 5) is 20.9. The van der Waals surface area contributed by atoms with Crippen LogP contribution in [0.3, 0.4) is 0 Å². The topological polar surface area (TPSA) is 77.6 Å². The molecule has 4 rings (SSSR count). The molecule has 2 heterocycles. The Morgan fingerprint density at radius 2 is 1.93 bits per heavy atom. The van der Waals surface area contributed by atoms with Crippen LogP contribution in [0.5, 0.6) is 0 Å². The summed E-state index contributed by atoms with van der Waals surface area (Å²) in [6.45, 7) is 0.310. The van der Waals surface area contributed by atoms with Crippen molar-refractivity contribution in [3.05, 3.63) is 66.7 Å². The van der Waals surface area contributed by atoms with Gasteiger partial charge >= 0.3 is 0 Å². The molecule has 1 N–H and O–H groups in total. The van der Waals surface area contributed by atoms with Gasteiger partial charge in [0.1, 0.15) is 19.2 Å². The zero-order valence-corrected chi connectivity index (χ0v) is 15.9. The molecular weight excluding hydrogens is 398 g/mol. The van der Waals surface area contributed by atoms with Crippen molar-refractivity contribution in [2.45, 2.75) is 24.0 Å². The molecule has 29 heavy (non-hydrogen) atoms. The Hall–Kier alpha value is -3.27. The first-order valence-corrected chi connectivity index (χ1v) is 9.58. The van der Waals surface area contributed by atoms with E-state index >= 15 is 0 Å². The zero-order valence-electron chi connectivity index (χ0n) is 15.1. The minimum Gasteiger partial charge on any atom is -0.324 e. The van der Waals surface area contributed by atoms with Gasteiger partial charge in [-0.3, -0.25) is 4.79 Å². The third-order valence-corrected chi connectivity index (χ3v) is 4.91. The number of hydrogen-bond acceptors (Lipinski definition) is 5. The summed E-state index contributed by atoms with van der Waals surface area (Å²) in [5.74, 6) is -2.97. The second-order valence-electron chi connectivity index (χ2n) is 6.15. The molecule has 7 nitrogen and oxygen atoms in total. The van der Waals surface area contributed by atoms with E-state index < -0.39 is 5.76 Å². The summed E-state index contributed by atoms with van der Waals surface area (Å²) in [6, 6.07) is 14.4. The van der Waals surface area contributed by atoms with Gasteiger partial charge in [0, 0.05) is 5.69 Å². The molecule has 0 aliphatic heterocycles. The lowest BCUT2D eigenvalue weighted by molar-refractivity contribution is -0.116. The van der Waals surface area contributed by atoms with E-state index in [2.05, 4.69) is 20.4 Å². The van der Waals surface area contributed by atoms with Crippen molar-refractivity contribution >= 4 is 34.4 Å². The molecule has 1 amide bonds. The molecule has 0 radical (unpaired) electrons. The molecule has 0 bridgehead atoms. The number of halogens is 2. The highest BCUT2D eigenvalue weighted by Crippen LogP contribution is 2.28. The summed E-state index contributed by atoms with van der Waals surface area (Å²) in [6.07, 6.45) is 3.03. The minimum atomic E-state index is -2.63. The van der Waals surface area contributed by atoms with Crippen molar-refractivity contribution < 1.29 is 13.6 Å². The first kappa shape index (κ1) is 19.1. The largest absolute Gasteiger partial charge is 0.324 e. The number of carbonyl (C=O) groups excluding carboxylic acids is 1. The van der Waals surface area contributed by atoms with Crippen LogP contribution in [0.15, 0.2) is 66.3 Å². The van der Waals surface area contributed by atoms with Crippen LogP contribution in [-0.2, 0) is 17.9 Å². The maximum Gasteiger partial charge on any atom is 0.291 e. The number of rotatable bonds is 7. The lowest BCUT2D eigenvalue weighted by Crippen LogP contribution is -2.20. The number of carbonyl (C=O) groups is 1. The second-order valence-corrected chi connectivity index (χ2v) is 7.10. The van der Waals surface area contributed by atoms with E-state index in [0.717, 1.165) is 5.56 Å². The monoisotopic (exact) mass is 414 g/mol. The number of para-hydroxylation sites is 3. The third-order valence-electron chi connectivity index (χ3n) is 4.21. The number of fused-ring (bicyclic) bond motifs is 1. The van der Waals surface area contributed by atoms with Crippen LogP contribution in [0.4, 0.5) is 14.5 Å². The molecule has 2 aromatic heterocycles. The Morgan fingerprint density at radius 1 is 1.14 bits per heavy atom. The van der Waals surface area contributed by atoms with Crippen molar-refractivity contribution in [3.8, 4) is 0 Å². The van der Waals surface area contributed by atoms with Gasteiger partial charge in [-0.1, -0.05) is 30.3 Å². The molecule has 4 aromatic rings. The lowest BCUT2D eigenvalue weighted by atomic mass is 10.1. The number of aromatic nitrogens is 5. The standard InChI is InChI=1S/C19H16F2N6OS/c20-18(21)29-19-25-15-7-3-4-8-16(15)27(19)10-17(28)24-14-6-2-1-5-13(14)9-26-12-22-11-23-26/h1-8,11-12,18H,9-10H2,(H,24,28). The van der Waals surface area contributed by atoms with E-state index in [-0.39, 0.29) is 17.6 Å². The van der Waals surface area contributed by atoms with Crippen LogP contribution in [-0.4, -0.2) is 36.0 Å². The minimum absolute atomic E-state index is 0.104. The van der Waals surface area contributed by atoms with Crippen molar-refractivity contribution in [1.82, 2.24) is 24.3 Å². The second kappa shape index (κ2) is 8.39. The van der Waals surface area contributed by atoms with Gasteiger partial charge in [0.25, 0.3) is 5.76 Å². The van der Waals surface area contributed by atoms with Crippen molar-refractivity contribution in [3.63, 3.8) is 0 Å². The fourth-order valence-electron chi connectivity index (χ4n) is 2.98. The van der Waals surface area contributed by atoms with Gasteiger partial charge in [-0.25, -0.2) is 14.6 Å². The number of nitrogens with one attached hydrogen (secondary N) is 1. The maximum atomic E-state index is 12.9. The molecule has 2 aromatic carbocycles. The SMILES string of the molecule is O=C(Cn1c(SC(F)F)nc2ccccc21)Nc1ccccc1Cn1cncn1. The molecule has 0 saturated carbocycles. The molecule has 0 atom stereocenters. The highest BCUT2D eigenvalue weighted by molar-refractivity contribution is 7.99. The van der Waals surface area contributed by atoms with Crippen LogP contribution in [0.25, 0.3) is 11.0 Å². The smallest absolute Gasteiger partial charge is 0.291 e. The molecule has 0 aliphatic carbocycles. The number of hydrogen-bond donors (Lipinski definition) is 1. The Morgan fingerprint density at radius 3 is 2.72 bits per heavy atom. The van der Waals surface area contributed by atoms with Crippen LogP contribution >= 0.6 is 11.8 Å². The molecule has 0 saturated heterocycles. The van der Waals surface area contributed by atoms with E-state index in [4.69, 9.17) is 0 Å². The lowest BCUT2D eigenvalue weighted by Gasteiger charge is -2.13. The molecule has 148 valence electrons. The van der Waals surface area contributed by atoms with E-state index in [1.165, 1.54) is 10.9 Å². The van der Waals surface area contributed by atoms with E-state index in [9.17, 15) is 13.6 Å². The first-order valence-electron chi connectivity index (χ1n) is 8.70. The van der Waals surface area contributed by atoms with E-state index in [1.54, 1.807) is 41.3 Å². The Bertz CT molecular complexity index is 1130. The summed E-state index contributed by atoms with van der Waals surface area (Å²) >= 11 is 0.325. The van der Waals surface area contributed by atoms with Crippen molar-refractivity contribution in [1.29, 1.82) is 0 Å². The molecule has 0 spiro atoms. The highest BCUT2D eigenvalue weighted by atomic mass is 32.2. The quantitative estimate of drug-likeness (QED) is 0.467. The molecule has 0 unspecified atom stereocenters. The summed E-state index contributed by atoms with van der Waals surface area (Å²) in [7, 11) is 0. The molecule has 0 aliphatic rings. The average Bonchev–Trinajstić information content (AvgIpc) is 3.31. The number of thioether (sulfide) groups is 1. The van der Waals surface area contributed by atoms with Crippen LogP contribution in [0.2, 0.25) is 0 Å². The van der Waals surface area contributed by atoms with E-state index in [0.29, 0.717) is 35.0 Å². The summed E-state index contributed by atoms with van der Waals surface area (Å²) in [5.41, 5.74) is 2.67. The predicted octanol–water partition coefficient (Wildman–Crippen LogP) is 3.63. The highest BCUT2D eigenvalue weighted by Gasteiger charge is 2.18. The normalized spacial score (nSPS) is 11.3. The number of amides is 1. The van der Waals surface area contributed by atoms with E-state index in [1.807, 2.05) is 18.2 Å². The summed E-state index contributed by atoms with van der Waals surface area (Å²) in [5, 5.41) is 7.04. The number of anilines is 1. The van der Waals surface area contributed by atoms with Crippen LogP contribution in [0.1, 0.15) is 5.56 Å². The number of alkyl halides is 2. The fourth-order valence-corrected chi connectivity index (χ4v) is 3.58. The van der Waals surface area contributed by atoms with Gasteiger partial charge in [0.05, 0.1) is 17.6 Å². The van der Waals surface area contributed by atoms with Crippen LogP contribution in [0, 0.1) is 0 Å². The van der Waals surface area contributed by atoms with Gasteiger partial charge in [-0.05, 0) is 35.5 Å². The van der Waals surface area contributed by atoms with Gasteiger partial charge in [-0.15, -0.1) is 0 Å². The van der Waals surface area contributed by atoms with Crippen molar-refractivity contribution in [2.24, 2.45) is 0 Å². The van der Waals surface area contributed by atoms with Gasteiger partial charge in [0.2, 0.25) is 5.91 Å². The van der Waals surface area contributed by atoms with Crippen molar-refractivity contribution in [2.75, 3.05) is 5.32 Å². The number of imidazole rings is 1. The first-order chi connectivity index (χ1) is 14.1. The Labute approximate surface area is 168 Å². The molecule has 0 fully saturated rings. The predicted molar refractivity (Wildman–Crippen MR) is 106 cm³/mol. The third kappa shape index (κ3) is 4.43. The Balaban J connectivity index is 1.57. The maximum absolute atomic E-state index is 12.9. The zero-order chi connectivity index (χ0) is 20.2.